The van der Waals surface area contributed by atoms with E-state index >= 15 is 0 Å². The quantitative estimate of drug-likeness (QED) is 0.369. The van der Waals surface area contributed by atoms with Gasteiger partial charge >= 0.3 is 0 Å². The standard InChI is InChI=1S/C14H12N2O3S/c1-9-7-12(17)8-10(2)14(9)15-20-13-5-3-11(4-6-13)16(18)19/h3-8H,1-2H3. The van der Waals surface area contributed by atoms with Crippen molar-refractivity contribution in [3.8, 4) is 0 Å². The molecular weight excluding hydrogens is 276 g/mol. The van der Waals surface area contributed by atoms with Crippen LogP contribution in [0, 0.1) is 10.1 Å². The predicted octanol–water partition coefficient (Wildman–Crippen LogP) is 3.52. The third-order valence-corrected chi connectivity index (χ3v) is 3.51. The second kappa shape index (κ2) is 5.83. The molecule has 0 atom stereocenters. The van der Waals surface area contributed by atoms with Crippen molar-refractivity contribution in [3.63, 3.8) is 0 Å². The number of benzene rings is 1. The van der Waals surface area contributed by atoms with Crippen molar-refractivity contribution in [2.45, 2.75) is 18.7 Å². The maximum Gasteiger partial charge on any atom is 0.269 e. The SMILES string of the molecule is CC1=CC(=O)C=C(C)C1=NSc1ccc([N+](=O)[O-])cc1. The molecular formula is C14H12N2O3S. The van der Waals surface area contributed by atoms with Gasteiger partial charge in [0.1, 0.15) is 0 Å². The number of hydrogen-bond donors (Lipinski definition) is 0. The molecule has 0 amide bonds. The van der Waals surface area contributed by atoms with E-state index < -0.39 is 4.92 Å². The second-order valence-corrected chi connectivity index (χ2v) is 5.18. The largest absolute Gasteiger partial charge is 0.290 e. The average molecular weight is 288 g/mol. The van der Waals surface area contributed by atoms with Gasteiger partial charge in [0, 0.05) is 29.0 Å². The molecule has 0 saturated carbocycles. The molecule has 6 heteroatoms. The summed E-state index contributed by atoms with van der Waals surface area (Å²) in [4.78, 5) is 22.3. The molecule has 0 spiro atoms. The fourth-order valence-corrected chi connectivity index (χ4v) is 2.53. The van der Waals surface area contributed by atoms with Crippen molar-refractivity contribution in [1.82, 2.24) is 0 Å². The van der Waals surface area contributed by atoms with Crippen molar-refractivity contribution in [3.05, 3.63) is 57.7 Å². The lowest BCUT2D eigenvalue weighted by Crippen LogP contribution is -2.10. The Bertz CT molecular complexity index is 634. The van der Waals surface area contributed by atoms with E-state index in [1.165, 1.54) is 24.1 Å². The first-order valence-electron chi connectivity index (χ1n) is 5.88. The van der Waals surface area contributed by atoms with E-state index in [4.69, 9.17) is 0 Å². The Kier molecular flexibility index (Phi) is 4.14. The number of ketones is 1. The first-order valence-corrected chi connectivity index (χ1v) is 6.65. The van der Waals surface area contributed by atoms with Crippen LogP contribution < -0.4 is 0 Å². The van der Waals surface area contributed by atoms with Crippen LogP contribution in [0.5, 0.6) is 0 Å². The van der Waals surface area contributed by atoms with Gasteiger partial charge in [0.25, 0.3) is 5.69 Å². The Balaban J connectivity index is 2.17. The van der Waals surface area contributed by atoms with Crippen LogP contribution in [-0.4, -0.2) is 16.4 Å². The average Bonchev–Trinajstić information content (AvgIpc) is 2.38. The summed E-state index contributed by atoms with van der Waals surface area (Å²) in [6.07, 6.45) is 3.09. The molecule has 102 valence electrons. The van der Waals surface area contributed by atoms with E-state index in [0.29, 0.717) is 0 Å². The number of non-ortho nitro benzene ring substituents is 1. The molecule has 1 aliphatic rings. The van der Waals surface area contributed by atoms with Gasteiger partial charge < -0.3 is 0 Å². The lowest BCUT2D eigenvalue weighted by atomic mass is 9.98. The molecule has 1 aromatic rings. The third-order valence-electron chi connectivity index (χ3n) is 2.75. The summed E-state index contributed by atoms with van der Waals surface area (Å²) < 4.78 is 4.40. The first kappa shape index (κ1) is 14.2. The van der Waals surface area contributed by atoms with Crippen LogP contribution in [0.25, 0.3) is 0 Å². The van der Waals surface area contributed by atoms with E-state index in [1.54, 1.807) is 24.3 Å². The number of nitrogens with zero attached hydrogens (tertiary/aromatic N) is 2. The number of allylic oxidation sites excluding steroid dienone is 4. The molecule has 1 aliphatic carbocycles. The molecule has 0 unspecified atom stereocenters. The summed E-state index contributed by atoms with van der Waals surface area (Å²) in [5.74, 6) is -0.0284. The van der Waals surface area contributed by atoms with Gasteiger partial charge in [-0.15, -0.1) is 0 Å². The minimum Gasteiger partial charge on any atom is -0.290 e. The van der Waals surface area contributed by atoms with Crippen molar-refractivity contribution >= 4 is 29.1 Å². The van der Waals surface area contributed by atoms with Crippen LogP contribution in [0.2, 0.25) is 0 Å². The minimum absolute atomic E-state index is 0.0284. The fourth-order valence-electron chi connectivity index (χ4n) is 1.79. The number of hydrogen-bond acceptors (Lipinski definition) is 5. The Hall–Kier alpha value is -2.21. The van der Waals surface area contributed by atoms with Gasteiger partial charge in [-0.1, -0.05) is 0 Å². The highest BCUT2D eigenvalue weighted by Gasteiger charge is 2.13. The molecule has 0 aromatic heterocycles. The zero-order valence-corrected chi connectivity index (χ0v) is 11.8. The topological polar surface area (TPSA) is 72.6 Å². The number of nitro groups is 1. The van der Waals surface area contributed by atoms with E-state index in [2.05, 4.69) is 4.40 Å². The van der Waals surface area contributed by atoms with Crippen LogP contribution >= 0.6 is 11.9 Å². The van der Waals surface area contributed by atoms with Gasteiger partial charge in [-0.3, -0.25) is 14.9 Å². The molecule has 0 fully saturated rings. The van der Waals surface area contributed by atoms with Crippen molar-refractivity contribution < 1.29 is 9.72 Å². The molecule has 0 aliphatic heterocycles. The van der Waals surface area contributed by atoms with Crippen LogP contribution in [0.3, 0.4) is 0 Å². The van der Waals surface area contributed by atoms with Crippen molar-refractivity contribution in [2.75, 3.05) is 0 Å². The number of nitro benzene ring substituents is 1. The van der Waals surface area contributed by atoms with Crippen molar-refractivity contribution in [2.24, 2.45) is 4.40 Å². The van der Waals surface area contributed by atoms with Crippen LogP contribution in [-0.2, 0) is 4.79 Å². The summed E-state index contributed by atoms with van der Waals surface area (Å²) >= 11 is 1.23. The highest BCUT2D eigenvalue weighted by molar-refractivity contribution is 7.98. The zero-order chi connectivity index (χ0) is 14.7. The zero-order valence-electron chi connectivity index (χ0n) is 11.0. The predicted molar refractivity (Wildman–Crippen MR) is 78.9 cm³/mol. The molecule has 2 rings (SSSR count). The summed E-state index contributed by atoms with van der Waals surface area (Å²) in [6, 6.07) is 6.19. The van der Waals surface area contributed by atoms with Crippen molar-refractivity contribution in [1.29, 1.82) is 0 Å². The van der Waals surface area contributed by atoms with Gasteiger partial charge in [-0.05, 0) is 49.3 Å². The number of carbonyl (C=O) groups excluding carboxylic acids is 1. The Morgan fingerprint density at radius 3 is 2.15 bits per heavy atom. The highest BCUT2D eigenvalue weighted by Crippen LogP contribution is 2.25. The number of carbonyl (C=O) groups is 1. The summed E-state index contributed by atoms with van der Waals surface area (Å²) in [6.45, 7) is 3.67. The van der Waals surface area contributed by atoms with E-state index in [-0.39, 0.29) is 11.5 Å². The highest BCUT2D eigenvalue weighted by atomic mass is 32.2. The molecule has 0 radical (unpaired) electrons. The second-order valence-electron chi connectivity index (χ2n) is 4.34. The van der Waals surface area contributed by atoms with E-state index in [1.807, 2.05) is 13.8 Å². The monoisotopic (exact) mass is 288 g/mol. The van der Waals surface area contributed by atoms with Crippen LogP contribution in [0.15, 0.2) is 56.9 Å². The number of rotatable bonds is 3. The van der Waals surface area contributed by atoms with Gasteiger partial charge in [0.05, 0.1) is 10.6 Å². The maximum absolute atomic E-state index is 11.3. The molecule has 0 heterocycles. The summed E-state index contributed by atoms with van der Waals surface area (Å²) in [5, 5.41) is 10.6. The summed E-state index contributed by atoms with van der Waals surface area (Å²) in [5.41, 5.74) is 2.47. The van der Waals surface area contributed by atoms with E-state index in [0.717, 1.165) is 21.8 Å². The Morgan fingerprint density at radius 1 is 1.10 bits per heavy atom. The fraction of sp³-hybridized carbons (Fsp3) is 0.143. The van der Waals surface area contributed by atoms with E-state index in [9.17, 15) is 14.9 Å². The van der Waals surface area contributed by atoms with Gasteiger partial charge in [-0.2, -0.15) is 0 Å². The lowest BCUT2D eigenvalue weighted by molar-refractivity contribution is -0.384. The van der Waals surface area contributed by atoms with Crippen LogP contribution in [0.4, 0.5) is 5.69 Å². The summed E-state index contributed by atoms with van der Waals surface area (Å²) in [7, 11) is 0. The molecule has 5 nitrogen and oxygen atoms in total. The Labute approximate surface area is 120 Å². The molecule has 1 aromatic carbocycles. The lowest BCUT2D eigenvalue weighted by Gasteiger charge is -2.10. The Morgan fingerprint density at radius 2 is 1.65 bits per heavy atom. The third kappa shape index (κ3) is 3.21. The first-order chi connectivity index (χ1) is 9.47. The molecule has 0 N–H and O–H groups in total. The van der Waals surface area contributed by atoms with Gasteiger partial charge in [0.15, 0.2) is 5.78 Å². The molecule has 20 heavy (non-hydrogen) atoms. The van der Waals surface area contributed by atoms with Gasteiger partial charge in [0.2, 0.25) is 0 Å². The van der Waals surface area contributed by atoms with Gasteiger partial charge in [-0.25, -0.2) is 4.40 Å². The smallest absolute Gasteiger partial charge is 0.269 e. The minimum atomic E-state index is -0.438. The molecule has 0 saturated heterocycles. The maximum atomic E-state index is 11.3. The van der Waals surface area contributed by atoms with Crippen LogP contribution in [0.1, 0.15) is 13.8 Å². The normalized spacial score (nSPS) is 14.7. The molecule has 0 bridgehead atoms.